The number of hydrogen-bond donors (Lipinski definition) is 2. The standard InChI is InChI=1S/C13H25N3O/c1-3-5-6-7-8-9-12(4-2)13-10-11-16(17)15-14-13/h10-12,15,17H,3-9H2,1-2H3. The van der Waals surface area contributed by atoms with Gasteiger partial charge < -0.3 is 0 Å². The Morgan fingerprint density at radius 3 is 2.65 bits per heavy atom. The molecule has 4 nitrogen and oxygen atoms in total. The predicted molar refractivity (Wildman–Crippen MR) is 70.5 cm³/mol. The van der Waals surface area contributed by atoms with Crippen LogP contribution >= 0.6 is 0 Å². The highest BCUT2D eigenvalue weighted by Gasteiger charge is 2.14. The van der Waals surface area contributed by atoms with E-state index in [1.807, 2.05) is 6.08 Å². The van der Waals surface area contributed by atoms with E-state index in [-0.39, 0.29) is 0 Å². The fourth-order valence-electron chi connectivity index (χ4n) is 2.11. The highest BCUT2D eigenvalue weighted by Crippen LogP contribution is 2.18. The Bertz CT molecular complexity index is 263. The molecule has 98 valence electrons. The van der Waals surface area contributed by atoms with E-state index in [0.717, 1.165) is 17.3 Å². The maximum atomic E-state index is 9.08. The molecule has 0 bridgehead atoms. The van der Waals surface area contributed by atoms with E-state index in [0.29, 0.717) is 5.92 Å². The summed E-state index contributed by atoms with van der Waals surface area (Å²) in [6.07, 6.45) is 12.4. The third-order valence-corrected chi connectivity index (χ3v) is 3.24. The first-order valence-corrected chi connectivity index (χ1v) is 6.77. The maximum absolute atomic E-state index is 9.08. The van der Waals surface area contributed by atoms with Crippen LogP contribution in [0.4, 0.5) is 0 Å². The SMILES string of the molecule is CCCCCCCC(CC)C1=NNN(O)C=C1. The first-order valence-electron chi connectivity index (χ1n) is 6.77. The fourth-order valence-corrected chi connectivity index (χ4v) is 2.11. The highest BCUT2D eigenvalue weighted by molar-refractivity contribution is 5.96. The summed E-state index contributed by atoms with van der Waals surface area (Å²) in [5.41, 5.74) is 3.60. The summed E-state index contributed by atoms with van der Waals surface area (Å²) in [7, 11) is 0. The van der Waals surface area contributed by atoms with Crippen molar-refractivity contribution < 1.29 is 5.21 Å². The van der Waals surface area contributed by atoms with Crippen molar-refractivity contribution in [2.75, 3.05) is 0 Å². The molecule has 0 aromatic rings. The minimum Gasteiger partial charge on any atom is -0.268 e. The third kappa shape index (κ3) is 5.22. The van der Waals surface area contributed by atoms with Crippen LogP contribution in [-0.4, -0.2) is 16.1 Å². The molecule has 0 aliphatic carbocycles. The molecule has 0 aromatic heterocycles. The number of nitrogens with one attached hydrogen (secondary N) is 1. The van der Waals surface area contributed by atoms with Crippen LogP contribution < -0.4 is 5.53 Å². The lowest BCUT2D eigenvalue weighted by Gasteiger charge is -2.21. The van der Waals surface area contributed by atoms with Gasteiger partial charge in [-0.1, -0.05) is 46.0 Å². The van der Waals surface area contributed by atoms with Crippen LogP contribution in [0, 0.1) is 5.92 Å². The van der Waals surface area contributed by atoms with Gasteiger partial charge in [0.1, 0.15) is 0 Å². The molecule has 0 saturated carbocycles. The Morgan fingerprint density at radius 2 is 2.06 bits per heavy atom. The maximum Gasteiger partial charge on any atom is 0.0670 e. The number of hydrazine groups is 1. The van der Waals surface area contributed by atoms with Crippen LogP contribution in [-0.2, 0) is 0 Å². The molecule has 1 rings (SSSR count). The molecule has 0 aromatic carbocycles. The van der Waals surface area contributed by atoms with E-state index < -0.39 is 0 Å². The van der Waals surface area contributed by atoms with E-state index >= 15 is 0 Å². The molecule has 4 heteroatoms. The number of unbranched alkanes of at least 4 members (excludes halogenated alkanes) is 4. The van der Waals surface area contributed by atoms with Gasteiger partial charge in [-0.3, -0.25) is 5.21 Å². The minimum atomic E-state index is 0.508. The first-order chi connectivity index (χ1) is 8.27. The summed E-state index contributed by atoms with van der Waals surface area (Å²) in [4.78, 5) is 0. The van der Waals surface area contributed by atoms with E-state index in [4.69, 9.17) is 5.21 Å². The van der Waals surface area contributed by atoms with Crippen molar-refractivity contribution >= 4 is 5.71 Å². The van der Waals surface area contributed by atoms with Crippen LogP contribution in [0.15, 0.2) is 17.4 Å². The van der Waals surface area contributed by atoms with Crippen molar-refractivity contribution in [2.45, 2.75) is 58.8 Å². The quantitative estimate of drug-likeness (QED) is 0.638. The summed E-state index contributed by atoms with van der Waals surface area (Å²) < 4.78 is 0. The Hall–Kier alpha value is -1.03. The van der Waals surface area contributed by atoms with Gasteiger partial charge in [-0.2, -0.15) is 15.8 Å². The molecule has 1 heterocycles. The smallest absolute Gasteiger partial charge is 0.0670 e. The summed E-state index contributed by atoms with van der Waals surface area (Å²) in [6, 6.07) is 0. The largest absolute Gasteiger partial charge is 0.268 e. The average molecular weight is 239 g/mol. The predicted octanol–water partition coefficient (Wildman–Crippen LogP) is 3.45. The molecule has 1 atom stereocenters. The minimum absolute atomic E-state index is 0.508. The van der Waals surface area contributed by atoms with Crippen molar-refractivity contribution in [3.8, 4) is 0 Å². The number of hydroxylamine groups is 1. The highest BCUT2D eigenvalue weighted by atomic mass is 16.5. The van der Waals surface area contributed by atoms with Crippen LogP contribution in [0.25, 0.3) is 0 Å². The van der Waals surface area contributed by atoms with E-state index in [9.17, 15) is 0 Å². The lowest BCUT2D eigenvalue weighted by atomic mass is 9.93. The average Bonchev–Trinajstić information content (AvgIpc) is 2.35. The molecule has 17 heavy (non-hydrogen) atoms. The zero-order valence-electron chi connectivity index (χ0n) is 11.0. The number of hydrazone groups is 1. The lowest BCUT2D eigenvalue weighted by molar-refractivity contribution is -0.0896. The second-order valence-electron chi connectivity index (χ2n) is 4.61. The van der Waals surface area contributed by atoms with Crippen molar-refractivity contribution in [1.82, 2.24) is 10.7 Å². The molecule has 0 amide bonds. The zero-order chi connectivity index (χ0) is 12.5. The van der Waals surface area contributed by atoms with E-state index in [1.54, 1.807) is 6.20 Å². The van der Waals surface area contributed by atoms with E-state index in [2.05, 4.69) is 24.5 Å². The molecule has 1 aliphatic heterocycles. The van der Waals surface area contributed by atoms with Gasteiger partial charge in [-0.25, -0.2) is 0 Å². The number of nitrogens with zero attached hydrogens (tertiary/aromatic N) is 2. The molecule has 0 fully saturated rings. The summed E-state index contributed by atoms with van der Waals surface area (Å²) >= 11 is 0. The molecule has 0 radical (unpaired) electrons. The summed E-state index contributed by atoms with van der Waals surface area (Å²) in [6.45, 7) is 4.43. The van der Waals surface area contributed by atoms with Crippen molar-refractivity contribution in [1.29, 1.82) is 0 Å². The molecular weight excluding hydrogens is 214 g/mol. The van der Waals surface area contributed by atoms with Crippen molar-refractivity contribution in [3.05, 3.63) is 12.3 Å². The Labute approximate surface area is 104 Å². The fraction of sp³-hybridized carbons (Fsp3) is 0.769. The van der Waals surface area contributed by atoms with Gasteiger partial charge in [0.25, 0.3) is 0 Å². The molecule has 1 unspecified atom stereocenters. The van der Waals surface area contributed by atoms with Gasteiger partial charge >= 0.3 is 0 Å². The molecule has 1 aliphatic rings. The van der Waals surface area contributed by atoms with Crippen LogP contribution in [0.3, 0.4) is 0 Å². The van der Waals surface area contributed by atoms with Crippen molar-refractivity contribution in [2.24, 2.45) is 11.0 Å². The zero-order valence-corrected chi connectivity index (χ0v) is 11.0. The molecular formula is C13H25N3O. The number of allylic oxidation sites excluding steroid dienone is 1. The van der Waals surface area contributed by atoms with Crippen LogP contribution in [0.2, 0.25) is 0 Å². The van der Waals surface area contributed by atoms with Gasteiger partial charge in [0, 0.05) is 5.92 Å². The Morgan fingerprint density at radius 1 is 1.29 bits per heavy atom. The Kier molecular flexibility index (Phi) is 6.70. The summed E-state index contributed by atoms with van der Waals surface area (Å²) in [5.74, 6) is 0.508. The molecule has 2 N–H and O–H groups in total. The molecule has 0 spiro atoms. The Balaban J connectivity index is 2.26. The molecule has 0 saturated heterocycles. The topological polar surface area (TPSA) is 47.9 Å². The second-order valence-corrected chi connectivity index (χ2v) is 4.61. The third-order valence-electron chi connectivity index (χ3n) is 3.24. The van der Waals surface area contributed by atoms with Crippen molar-refractivity contribution in [3.63, 3.8) is 0 Å². The lowest BCUT2D eigenvalue weighted by Crippen LogP contribution is -2.31. The number of hydrogen-bond acceptors (Lipinski definition) is 4. The van der Waals surface area contributed by atoms with Crippen LogP contribution in [0.5, 0.6) is 0 Å². The van der Waals surface area contributed by atoms with Gasteiger partial charge in [-0.05, 0) is 18.9 Å². The van der Waals surface area contributed by atoms with Gasteiger partial charge in [0.05, 0.1) is 11.9 Å². The monoisotopic (exact) mass is 239 g/mol. The van der Waals surface area contributed by atoms with Gasteiger partial charge in [0.15, 0.2) is 0 Å². The number of rotatable bonds is 8. The normalized spacial score (nSPS) is 16.6. The second kappa shape index (κ2) is 8.12. The van der Waals surface area contributed by atoms with Gasteiger partial charge in [0.2, 0.25) is 0 Å². The van der Waals surface area contributed by atoms with Gasteiger partial charge in [-0.15, -0.1) is 0 Å². The first kappa shape index (κ1) is 14.0. The van der Waals surface area contributed by atoms with Crippen LogP contribution in [0.1, 0.15) is 58.8 Å². The van der Waals surface area contributed by atoms with E-state index in [1.165, 1.54) is 38.5 Å². The summed E-state index contributed by atoms with van der Waals surface area (Å²) in [5, 5.41) is 14.1.